The first-order valence-electron chi connectivity index (χ1n) is 8.97. The van der Waals surface area contributed by atoms with Gasteiger partial charge in [0.05, 0.1) is 11.6 Å². The molecule has 1 atom stereocenters. The first-order chi connectivity index (χ1) is 13.0. The van der Waals surface area contributed by atoms with E-state index in [9.17, 15) is 9.50 Å². The van der Waals surface area contributed by atoms with Crippen LogP contribution in [0.2, 0.25) is 5.02 Å². The molecule has 27 heavy (non-hydrogen) atoms. The Labute approximate surface area is 164 Å². The summed E-state index contributed by atoms with van der Waals surface area (Å²) < 4.78 is 20.1. The molecule has 0 radical (unpaired) electrons. The molecule has 4 nitrogen and oxygen atoms in total. The molecule has 1 aliphatic rings. The lowest BCUT2D eigenvalue weighted by atomic mass is 10.1. The molecule has 2 aromatic rings. The van der Waals surface area contributed by atoms with Crippen LogP contribution < -0.4 is 4.74 Å². The zero-order valence-corrected chi connectivity index (χ0v) is 16.2. The van der Waals surface area contributed by atoms with Gasteiger partial charge in [0.1, 0.15) is 24.0 Å². The highest BCUT2D eigenvalue weighted by atomic mass is 35.5. The van der Waals surface area contributed by atoms with E-state index in [2.05, 4.69) is 0 Å². The summed E-state index contributed by atoms with van der Waals surface area (Å²) in [6.07, 6.45) is 3.10. The van der Waals surface area contributed by atoms with Gasteiger partial charge in [-0.15, -0.1) is 0 Å². The number of hydrogen-bond acceptors (Lipinski definition) is 4. The van der Waals surface area contributed by atoms with Gasteiger partial charge in [-0.2, -0.15) is 0 Å². The molecule has 0 spiro atoms. The maximum Gasteiger partial charge on any atom is 0.146 e. The van der Waals surface area contributed by atoms with Crippen molar-refractivity contribution in [2.45, 2.75) is 39.1 Å². The number of hydrogen-bond donors (Lipinski definition) is 1. The topological polar surface area (TPSA) is 35.9 Å². The number of halogens is 2. The van der Waals surface area contributed by atoms with Crippen LogP contribution in [-0.4, -0.2) is 33.7 Å². The van der Waals surface area contributed by atoms with E-state index in [1.165, 1.54) is 6.07 Å². The summed E-state index contributed by atoms with van der Waals surface area (Å²) in [6.45, 7) is 4.86. The molecule has 1 unspecified atom stereocenters. The Hall–Kier alpha value is -2.08. The van der Waals surface area contributed by atoms with Gasteiger partial charge in [0.15, 0.2) is 0 Å². The van der Waals surface area contributed by atoms with E-state index in [0.29, 0.717) is 18.7 Å². The second-order valence-corrected chi connectivity index (χ2v) is 7.23. The molecule has 144 valence electrons. The van der Waals surface area contributed by atoms with Gasteiger partial charge in [0.2, 0.25) is 0 Å². The van der Waals surface area contributed by atoms with E-state index in [1.807, 2.05) is 54.1 Å². The van der Waals surface area contributed by atoms with Gasteiger partial charge in [-0.3, -0.25) is 4.90 Å². The summed E-state index contributed by atoms with van der Waals surface area (Å²) in [5, 5.41) is 10.3. The van der Waals surface area contributed by atoms with Crippen LogP contribution in [0.15, 0.2) is 54.9 Å². The van der Waals surface area contributed by atoms with Gasteiger partial charge < -0.3 is 14.7 Å². The Morgan fingerprint density at radius 3 is 2.74 bits per heavy atom. The largest absolute Gasteiger partial charge is 0.463 e. The van der Waals surface area contributed by atoms with Gasteiger partial charge in [-0.25, -0.2) is 4.39 Å². The number of aliphatic hydroxyl groups is 1. The number of fused-ring (bicyclic) bond motifs is 1. The van der Waals surface area contributed by atoms with Gasteiger partial charge in [0.25, 0.3) is 0 Å². The standard InChI is InChI=1S/C21H24ClFN2O2/c1-15(2)25(13-17-7-5-8-18(22)21(17)23)20(14-26)24-10-11-27-19-9-4-3-6-16(19)12-24/h3-11,15,20,26H,12-14H2,1-2H3. The molecule has 0 saturated carbocycles. The lowest BCUT2D eigenvalue weighted by Crippen LogP contribution is -2.50. The fourth-order valence-corrected chi connectivity index (χ4v) is 3.48. The van der Waals surface area contributed by atoms with Crippen LogP contribution in [0.4, 0.5) is 4.39 Å². The van der Waals surface area contributed by atoms with Crippen molar-refractivity contribution in [3.05, 3.63) is 76.9 Å². The van der Waals surface area contributed by atoms with Crippen molar-refractivity contribution in [3.63, 3.8) is 0 Å². The molecule has 0 fully saturated rings. The van der Waals surface area contributed by atoms with Crippen molar-refractivity contribution in [1.82, 2.24) is 9.80 Å². The van der Waals surface area contributed by atoms with Gasteiger partial charge in [-0.05, 0) is 26.0 Å². The van der Waals surface area contributed by atoms with Crippen LogP contribution in [0.25, 0.3) is 0 Å². The smallest absolute Gasteiger partial charge is 0.146 e. The third-order valence-electron chi connectivity index (χ3n) is 4.75. The van der Waals surface area contributed by atoms with Crippen LogP contribution in [0.3, 0.4) is 0 Å². The number of para-hydroxylation sites is 1. The summed E-state index contributed by atoms with van der Waals surface area (Å²) in [5.41, 5.74) is 1.53. The average Bonchev–Trinajstić information content (AvgIpc) is 2.87. The van der Waals surface area contributed by atoms with Crippen molar-refractivity contribution >= 4 is 11.6 Å². The molecule has 3 rings (SSSR count). The van der Waals surface area contributed by atoms with Crippen LogP contribution in [0.5, 0.6) is 5.75 Å². The molecule has 0 amide bonds. The highest BCUT2D eigenvalue weighted by molar-refractivity contribution is 6.30. The van der Waals surface area contributed by atoms with Crippen molar-refractivity contribution in [3.8, 4) is 5.75 Å². The molecule has 1 N–H and O–H groups in total. The highest BCUT2D eigenvalue weighted by Gasteiger charge is 2.28. The molecule has 2 aromatic carbocycles. The fraction of sp³-hybridized carbons (Fsp3) is 0.333. The van der Waals surface area contributed by atoms with Crippen LogP contribution in [-0.2, 0) is 13.1 Å². The Morgan fingerprint density at radius 2 is 2.00 bits per heavy atom. The zero-order chi connectivity index (χ0) is 19.4. The summed E-state index contributed by atoms with van der Waals surface area (Å²) >= 11 is 5.94. The lowest BCUT2D eigenvalue weighted by Gasteiger charge is -2.40. The Morgan fingerprint density at radius 1 is 1.22 bits per heavy atom. The van der Waals surface area contributed by atoms with Crippen molar-refractivity contribution in [1.29, 1.82) is 0 Å². The lowest BCUT2D eigenvalue weighted by molar-refractivity contribution is -0.00110. The van der Waals surface area contributed by atoms with E-state index in [4.69, 9.17) is 16.3 Å². The minimum atomic E-state index is -0.415. The summed E-state index contributed by atoms with van der Waals surface area (Å²) in [7, 11) is 0. The second kappa shape index (κ2) is 8.74. The molecule has 1 aliphatic heterocycles. The van der Waals surface area contributed by atoms with E-state index < -0.39 is 5.82 Å². The zero-order valence-electron chi connectivity index (χ0n) is 15.5. The fourth-order valence-electron chi connectivity index (χ4n) is 3.29. The molecule has 0 aromatic heterocycles. The predicted octanol–water partition coefficient (Wildman–Crippen LogP) is 4.37. The van der Waals surface area contributed by atoms with E-state index >= 15 is 0 Å². The second-order valence-electron chi connectivity index (χ2n) is 6.83. The van der Waals surface area contributed by atoms with E-state index in [1.54, 1.807) is 18.4 Å². The molecule has 6 heteroatoms. The SMILES string of the molecule is CC(C)N(Cc1cccc(Cl)c1F)C(CO)N1C=COc2ccccc2C1. The average molecular weight is 391 g/mol. The number of benzene rings is 2. The number of aliphatic hydroxyl groups excluding tert-OH is 1. The first kappa shape index (κ1) is 19.7. The van der Waals surface area contributed by atoms with Crippen LogP contribution in [0.1, 0.15) is 25.0 Å². The number of nitrogens with zero attached hydrogens (tertiary/aromatic N) is 2. The van der Waals surface area contributed by atoms with E-state index in [-0.39, 0.29) is 23.8 Å². The maximum atomic E-state index is 14.4. The highest BCUT2D eigenvalue weighted by Crippen LogP contribution is 2.27. The molecular weight excluding hydrogens is 367 g/mol. The predicted molar refractivity (Wildman–Crippen MR) is 105 cm³/mol. The van der Waals surface area contributed by atoms with Crippen molar-refractivity contribution in [2.24, 2.45) is 0 Å². The molecular formula is C21H24ClFN2O2. The summed E-state index contributed by atoms with van der Waals surface area (Å²) in [6, 6.07) is 12.9. The molecule has 1 heterocycles. The van der Waals surface area contributed by atoms with Gasteiger partial charge >= 0.3 is 0 Å². The molecule has 0 bridgehead atoms. The van der Waals surface area contributed by atoms with Crippen molar-refractivity contribution in [2.75, 3.05) is 6.61 Å². The third-order valence-corrected chi connectivity index (χ3v) is 5.04. The Kier molecular flexibility index (Phi) is 6.37. The quantitative estimate of drug-likeness (QED) is 0.794. The summed E-state index contributed by atoms with van der Waals surface area (Å²) in [5.74, 6) is 0.381. The minimum absolute atomic E-state index is 0.0772. The maximum absolute atomic E-state index is 14.4. The van der Waals surface area contributed by atoms with E-state index in [0.717, 1.165) is 11.3 Å². The minimum Gasteiger partial charge on any atom is -0.463 e. The molecule has 0 saturated heterocycles. The number of rotatable bonds is 6. The van der Waals surface area contributed by atoms with Crippen LogP contribution >= 0.6 is 11.6 Å². The van der Waals surface area contributed by atoms with Crippen molar-refractivity contribution < 1.29 is 14.2 Å². The van der Waals surface area contributed by atoms with Crippen LogP contribution in [0, 0.1) is 5.82 Å². The summed E-state index contributed by atoms with van der Waals surface area (Å²) in [4.78, 5) is 4.06. The van der Waals surface area contributed by atoms with Gasteiger partial charge in [0, 0.05) is 36.5 Å². The molecule has 0 aliphatic carbocycles. The Balaban J connectivity index is 1.87. The van der Waals surface area contributed by atoms with Gasteiger partial charge in [-0.1, -0.05) is 41.9 Å². The normalized spacial score (nSPS) is 14.9. The number of ether oxygens (including phenoxy) is 1. The third kappa shape index (κ3) is 4.43. The first-order valence-corrected chi connectivity index (χ1v) is 9.35. The Bertz CT molecular complexity index is 813. The monoisotopic (exact) mass is 390 g/mol.